The number of carbonyl (C=O) groups excluding carboxylic acids is 1. The molecule has 0 spiro atoms. The van der Waals surface area contributed by atoms with Gasteiger partial charge in [0.1, 0.15) is 22.9 Å². The molecule has 1 heterocycles. The molecule has 0 N–H and O–H groups in total. The second-order valence-corrected chi connectivity index (χ2v) is 4.66. The van der Waals surface area contributed by atoms with Crippen LogP contribution in [0.1, 0.15) is 37.4 Å². The third-order valence-corrected chi connectivity index (χ3v) is 3.38. The first-order chi connectivity index (χ1) is 8.22. The standard InChI is InChI=1S/C14H13FO2/c15-11-4-5-13-10(6-11)8-14(17-13)9-2-1-3-12(16)7-9/h4-6,8-9H,1-3,7H2. The Bertz CT molecular complexity index is 571. The van der Waals surface area contributed by atoms with Crippen LogP contribution in [0.2, 0.25) is 0 Å². The number of hydrogen-bond acceptors (Lipinski definition) is 2. The minimum absolute atomic E-state index is 0.173. The van der Waals surface area contributed by atoms with Gasteiger partial charge in [0.15, 0.2) is 0 Å². The van der Waals surface area contributed by atoms with Crippen molar-refractivity contribution in [1.82, 2.24) is 0 Å². The molecule has 0 radical (unpaired) electrons. The molecular formula is C14H13FO2. The number of rotatable bonds is 1. The van der Waals surface area contributed by atoms with Crippen LogP contribution in [0.25, 0.3) is 11.0 Å². The van der Waals surface area contributed by atoms with Crippen LogP contribution in [0.3, 0.4) is 0 Å². The van der Waals surface area contributed by atoms with E-state index in [0.29, 0.717) is 24.2 Å². The third kappa shape index (κ3) is 1.97. The predicted octanol–water partition coefficient (Wildman–Crippen LogP) is 3.80. The summed E-state index contributed by atoms with van der Waals surface area (Å²) >= 11 is 0. The van der Waals surface area contributed by atoms with Gasteiger partial charge < -0.3 is 4.42 Å². The van der Waals surface area contributed by atoms with Gasteiger partial charge >= 0.3 is 0 Å². The summed E-state index contributed by atoms with van der Waals surface area (Å²) in [4.78, 5) is 11.4. The van der Waals surface area contributed by atoms with E-state index in [4.69, 9.17) is 4.42 Å². The van der Waals surface area contributed by atoms with Gasteiger partial charge in [-0.2, -0.15) is 0 Å². The zero-order chi connectivity index (χ0) is 11.8. The van der Waals surface area contributed by atoms with Crippen LogP contribution in [-0.4, -0.2) is 5.78 Å². The molecule has 0 aliphatic heterocycles. The lowest BCUT2D eigenvalue weighted by atomic mass is 9.86. The van der Waals surface area contributed by atoms with Crippen LogP contribution in [0.15, 0.2) is 28.7 Å². The molecule has 3 heteroatoms. The van der Waals surface area contributed by atoms with Crippen molar-refractivity contribution in [2.75, 3.05) is 0 Å². The van der Waals surface area contributed by atoms with E-state index < -0.39 is 0 Å². The summed E-state index contributed by atoms with van der Waals surface area (Å²) in [5, 5.41) is 0.776. The maximum absolute atomic E-state index is 13.1. The molecule has 1 aliphatic rings. The van der Waals surface area contributed by atoms with E-state index in [1.165, 1.54) is 12.1 Å². The molecule has 1 fully saturated rings. The Balaban J connectivity index is 1.97. The fourth-order valence-electron chi connectivity index (χ4n) is 2.50. The average molecular weight is 232 g/mol. The molecule has 1 aromatic heterocycles. The van der Waals surface area contributed by atoms with Crippen LogP contribution >= 0.6 is 0 Å². The number of carbonyl (C=O) groups is 1. The minimum Gasteiger partial charge on any atom is -0.461 e. The smallest absolute Gasteiger partial charge is 0.134 e. The maximum Gasteiger partial charge on any atom is 0.134 e. The lowest BCUT2D eigenvalue weighted by molar-refractivity contribution is -0.120. The largest absolute Gasteiger partial charge is 0.461 e. The molecular weight excluding hydrogens is 219 g/mol. The molecule has 88 valence electrons. The Hall–Kier alpha value is -1.64. The van der Waals surface area contributed by atoms with Crippen LogP contribution in [0.5, 0.6) is 0 Å². The number of hydrogen-bond donors (Lipinski definition) is 0. The van der Waals surface area contributed by atoms with Gasteiger partial charge in [-0.3, -0.25) is 4.79 Å². The normalized spacial score (nSPS) is 21.0. The molecule has 2 aromatic rings. The summed E-state index contributed by atoms with van der Waals surface area (Å²) in [6.45, 7) is 0. The SMILES string of the molecule is O=C1CCCC(c2cc3cc(F)ccc3o2)C1. The van der Waals surface area contributed by atoms with Crippen molar-refractivity contribution >= 4 is 16.8 Å². The number of ketones is 1. The van der Waals surface area contributed by atoms with Gasteiger partial charge in [0.05, 0.1) is 0 Å². The molecule has 1 unspecified atom stereocenters. The van der Waals surface area contributed by atoms with E-state index in [1.54, 1.807) is 6.07 Å². The predicted molar refractivity (Wildman–Crippen MR) is 62.4 cm³/mol. The minimum atomic E-state index is -0.260. The number of fused-ring (bicyclic) bond motifs is 1. The van der Waals surface area contributed by atoms with Gasteiger partial charge in [0, 0.05) is 24.1 Å². The van der Waals surface area contributed by atoms with Crippen molar-refractivity contribution in [3.05, 3.63) is 35.8 Å². The number of Topliss-reactive ketones (excluding diaryl/α,β-unsaturated/α-hetero) is 1. The van der Waals surface area contributed by atoms with E-state index in [1.807, 2.05) is 6.07 Å². The zero-order valence-corrected chi connectivity index (χ0v) is 9.41. The van der Waals surface area contributed by atoms with Gasteiger partial charge in [-0.1, -0.05) is 0 Å². The molecule has 17 heavy (non-hydrogen) atoms. The quantitative estimate of drug-likeness (QED) is 0.748. The summed E-state index contributed by atoms with van der Waals surface area (Å²) in [7, 11) is 0. The van der Waals surface area contributed by atoms with Crippen LogP contribution in [0, 0.1) is 5.82 Å². The third-order valence-electron chi connectivity index (χ3n) is 3.38. The first-order valence-electron chi connectivity index (χ1n) is 5.93. The molecule has 1 atom stereocenters. The molecule has 1 saturated carbocycles. The van der Waals surface area contributed by atoms with Crippen molar-refractivity contribution in [3.63, 3.8) is 0 Å². The molecule has 3 rings (SSSR count). The van der Waals surface area contributed by atoms with Crippen molar-refractivity contribution in [1.29, 1.82) is 0 Å². The zero-order valence-electron chi connectivity index (χ0n) is 9.41. The summed E-state index contributed by atoms with van der Waals surface area (Å²) in [5.41, 5.74) is 0.694. The average Bonchev–Trinajstić information content (AvgIpc) is 2.72. The van der Waals surface area contributed by atoms with Gasteiger partial charge in [-0.25, -0.2) is 4.39 Å². The topological polar surface area (TPSA) is 30.2 Å². The Labute approximate surface area is 98.4 Å². The summed E-state index contributed by atoms with van der Waals surface area (Å²) < 4.78 is 18.7. The molecule has 0 bridgehead atoms. The van der Waals surface area contributed by atoms with E-state index in [9.17, 15) is 9.18 Å². The number of halogens is 1. The Kier molecular flexibility index (Phi) is 2.46. The Morgan fingerprint density at radius 1 is 1.29 bits per heavy atom. The lowest BCUT2D eigenvalue weighted by Gasteiger charge is -2.18. The van der Waals surface area contributed by atoms with Crippen molar-refractivity contribution in [3.8, 4) is 0 Å². The van der Waals surface area contributed by atoms with Crippen molar-refractivity contribution < 1.29 is 13.6 Å². The molecule has 1 aliphatic carbocycles. The highest BCUT2D eigenvalue weighted by Crippen LogP contribution is 2.34. The molecule has 2 nitrogen and oxygen atoms in total. The van der Waals surface area contributed by atoms with Crippen LogP contribution in [-0.2, 0) is 4.79 Å². The van der Waals surface area contributed by atoms with Crippen LogP contribution < -0.4 is 0 Å². The Morgan fingerprint density at radius 3 is 3.00 bits per heavy atom. The fraction of sp³-hybridized carbons (Fsp3) is 0.357. The Morgan fingerprint density at radius 2 is 2.18 bits per heavy atom. The monoisotopic (exact) mass is 232 g/mol. The van der Waals surface area contributed by atoms with Gasteiger partial charge in [0.25, 0.3) is 0 Å². The second-order valence-electron chi connectivity index (χ2n) is 4.66. The van der Waals surface area contributed by atoms with Gasteiger partial charge in [-0.15, -0.1) is 0 Å². The van der Waals surface area contributed by atoms with E-state index in [-0.39, 0.29) is 11.7 Å². The fourth-order valence-corrected chi connectivity index (χ4v) is 2.50. The highest BCUT2D eigenvalue weighted by atomic mass is 19.1. The number of benzene rings is 1. The number of furan rings is 1. The van der Waals surface area contributed by atoms with Gasteiger partial charge in [-0.05, 0) is 37.1 Å². The van der Waals surface area contributed by atoms with E-state index in [0.717, 1.165) is 24.0 Å². The van der Waals surface area contributed by atoms with Crippen LogP contribution in [0.4, 0.5) is 4.39 Å². The molecule has 1 aromatic carbocycles. The molecule has 0 saturated heterocycles. The molecule has 0 amide bonds. The summed E-state index contributed by atoms with van der Waals surface area (Å²) in [5.74, 6) is 1.03. The highest BCUT2D eigenvalue weighted by Gasteiger charge is 2.23. The first-order valence-corrected chi connectivity index (χ1v) is 5.93. The second kappa shape index (κ2) is 3.99. The first kappa shape index (κ1) is 10.5. The summed E-state index contributed by atoms with van der Waals surface area (Å²) in [6.07, 6.45) is 3.15. The maximum atomic E-state index is 13.1. The highest BCUT2D eigenvalue weighted by molar-refractivity contribution is 5.81. The van der Waals surface area contributed by atoms with E-state index in [2.05, 4.69) is 0 Å². The lowest BCUT2D eigenvalue weighted by Crippen LogP contribution is -2.12. The van der Waals surface area contributed by atoms with Gasteiger partial charge in [0.2, 0.25) is 0 Å². The summed E-state index contributed by atoms with van der Waals surface area (Å²) in [6, 6.07) is 6.36. The van der Waals surface area contributed by atoms with Crippen molar-refractivity contribution in [2.45, 2.75) is 31.6 Å². The van der Waals surface area contributed by atoms with E-state index >= 15 is 0 Å². The van der Waals surface area contributed by atoms with Crippen molar-refractivity contribution in [2.24, 2.45) is 0 Å².